The van der Waals surface area contributed by atoms with Crippen molar-refractivity contribution in [3.63, 3.8) is 0 Å². The van der Waals surface area contributed by atoms with Crippen molar-refractivity contribution < 1.29 is 19.6 Å². The number of benzene rings is 1. The van der Waals surface area contributed by atoms with Gasteiger partial charge in [-0.05, 0) is 44.6 Å². The van der Waals surface area contributed by atoms with Crippen LogP contribution >= 0.6 is 0 Å². The van der Waals surface area contributed by atoms with Crippen LogP contribution in [0.2, 0.25) is 0 Å². The highest BCUT2D eigenvalue weighted by molar-refractivity contribution is 5.90. The molecule has 148 valence electrons. The quantitative estimate of drug-likeness (QED) is 0.497. The maximum Gasteiger partial charge on any atom is 0.317 e. The Morgan fingerprint density at radius 1 is 1.30 bits per heavy atom. The Balaban J connectivity index is 1.72. The van der Waals surface area contributed by atoms with E-state index >= 15 is 0 Å². The Labute approximate surface area is 158 Å². The summed E-state index contributed by atoms with van der Waals surface area (Å²) < 4.78 is 0. The van der Waals surface area contributed by atoms with Gasteiger partial charge in [-0.3, -0.25) is 24.6 Å². The van der Waals surface area contributed by atoms with E-state index in [2.05, 4.69) is 10.2 Å². The molecule has 9 nitrogen and oxygen atoms in total. The summed E-state index contributed by atoms with van der Waals surface area (Å²) in [4.78, 5) is 37.3. The van der Waals surface area contributed by atoms with Gasteiger partial charge < -0.3 is 15.3 Å². The van der Waals surface area contributed by atoms with Crippen LogP contribution in [0.1, 0.15) is 26.2 Å². The molecule has 0 atom stereocenters. The molecule has 0 spiro atoms. The predicted octanol–water partition coefficient (Wildman–Crippen LogP) is 1.79. The number of nitrogens with one attached hydrogen (secondary N) is 1. The zero-order valence-electron chi connectivity index (χ0n) is 15.5. The topological polar surface area (TPSA) is 116 Å². The van der Waals surface area contributed by atoms with Crippen LogP contribution in [-0.4, -0.2) is 70.5 Å². The Bertz CT molecular complexity index is 656. The number of nitrogens with zero attached hydrogens (tertiary/aromatic N) is 3. The van der Waals surface area contributed by atoms with Crippen molar-refractivity contribution >= 4 is 23.3 Å². The van der Waals surface area contributed by atoms with E-state index in [1.54, 1.807) is 0 Å². The van der Waals surface area contributed by atoms with Gasteiger partial charge in [0.05, 0.1) is 11.5 Å². The number of carbonyl (C=O) groups excluding carboxylic acids is 1. The Kier molecular flexibility index (Phi) is 7.68. The number of anilines is 1. The van der Waals surface area contributed by atoms with E-state index in [0.717, 1.165) is 25.9 Å². The molecule has 1 amide bonds. The fourth-order valence-corrected chi connectivity index (χ4v) is 3.33. The van der Waals surface area contributed by atoms with E-state index in [1.807, 2.05) is 11.8 Å². The SMILES string of the molecule is CCN(CC(=O)O)C1CCN(CCC(=O)Nc2ccc([N+](=O)[O-])cc2)CC1. The van der Waals surface area contributed by atoms with Gasteiger partial charge in [0, 0.05) is 36.8 Å². The smallest absolute Gasteiger partial charge is 0.317 e. The summed E-state index contributed by atoms with van der Waals surface area (Å²) in [7, 11) is 0. The Morgan fingerprint density at radius 2 is 1.93 bits per heavy atom. The summed E-state index contributed by atoms with van der Waals surface area (Å²) in [5.74, 6) is -0.936. The number of likely N-dealkylation sites (N-methyl/N-ethyl adjacent to an activating group) is 1. The molecule has 1 heterocycles. The molecule has 1 aliphatic rings. The fraction of sp³-hybridized carbons (Fsp3) is 0.556. The number of carbonyl (C=O) groups is 2. The van der Waals surface area contributed by atoms with E-state index in [1.165, 1.54) is 24.3 Å². The molecule has 0 aliphatic carbocycles. The summed E-state index contributed by atoms with van der Waals surface area (Å²) in [6, 6.07) is 6.02. The number of carboxylic acids is 1. The number of carboxylic acid groups (broad SMARTS) is 1. The number of aliphatic carboxylic acids is 1. The third-order valence-corrected chi connectivity index (χ3v) is 4.84. The van der Waals surface area contributed by atoms with E-state index < -0.39 is 10.9 Å². The lowest BCUT2D eigenvalue weighted by molar-refractivity contribution is -0.384. The van der Waals surface area contributed by atoms with Gasteiger partial charge in [-0.1, -0.05) is 6.92 Å². The van der Waals surface area contributed by atoms with E-state index in [0.29, 0.717) is 25.2 Å². The van der Waals surface area contributed by atoms with Crippen molar-refractivity contribution in [3.05, 3.63) is 34.4 Å². The monoisotopic (exact) mass is 378 g/mol. The van der Waals surface area contributed by atoms with Crippen molar-refractivity contribution in [1.29, 1.82) is 0 Å². The molecule has 0 aromatic heterocycles. The van der Waals surface area contributed by atoms with Gasteiger partial charge >= 0.3 is 5.97 Å². The summed E-state index contributed by atoms with van der Waals surface area (Å²) in [6.45, 7) is 5.07. The second kappa shape index (κ2) is 9.98. The number of nitro benzene ring substituents is 1. The first-order chi connectivity index (χ1) is 12.9. The standard InChI is InChI=1S/C18H26N4O5/c1-2-21(13-18(24)25)15-7-10-20(11-8-15)12-9-17(23)19-14-3-5-16(6-4-14)22(26)27/h3-6,15H,2,7-13H2,1H3,(H,19,23)(H,24,25). The van der Waals surface area contributed by atoms with Crippen LogP contribution in [-0.2, 0) is 9.59 Å². The normalized spacial score (nSPS) is 15.6. The first-order valence-corrected chi connectivity index (χ1v) is 9.11. The second-order valence-corrected chi connectivity index (χ2v) is 6.63. The highest BCUT2D eigenvalue weighted by Gasteiger charge is 2.25. The highest BCUT2D eigenvalue weighted by Crippen LogP contribution is 2.18. The third-order valence-electron chi connectivity index (χ3n) is 4.84. The molecule has 0 bridgehead atoms. The molecule has 9 heteroatoms. The number of non-ortho nitro benzene ring substituents is 1. The van der Waals surface area contributed by atoms with Gasteiger partial charge in [0.15, 0.2) is 0 Å². The maximum absolute atomic E-state index is 12.1. The van der Waals surface area contributed by atoms with Crippen LogP contribution in [0.25, 0.3) is 0 Å². The van der Waals surface area contributed by atoms with Crippen LogP contribution < -0.4 is 5.32 Å². The van der Waals surface area contributed by atoms with Crippen molar-refractivity contribution in [2.24, 2.45) is 0 Å². The van der Waals surface area contributed by atoms with Crippen molar-refractivity contribution in [1.82, 2.24) is 9.80 Å². The summed E-state index contributed by atoms with van der Waals surface area (Å²) in [5.41, 5.74) is 0.524. The number of hydrogen-bond acceptors (Lipinski definition) is 6. The minimum absolute atomic E-state index is 0.0140. The van der Waals surface area contributed by atoms with Crippen LogP contribution in [0.15, 0.2) is 24.3 Å². The van der Waals surface area contributed by atoms with Crippen LogP contribution in [0.3, 0.4) is 0 Å². The number of amides is 1. The lowest BCUT2D eigenvalue weighted by Crippen LogP contribution is -2.47. The molecule has 0 unspecified atom stereocenters. The average molecular weight is 378 g/mol. The molecule has 1 saturated heterocycles. The lowest BCUT2D eigenvalue weighted by atomic mass is 10.0. The number of piperidine rings is 1. The highest BCUT2D eigenvalue weighted by atomic mass is 16.6. The molecular formula is C18H26N4O5. The fourth-order valence-electron chi connectivity index (χ4n) is 3.33. The number of likely N-dealkylation sites (tertiary alicyclic amines) is 1. The minimum Gasteiger partial charge on any atom is -0.480 e. The molecule has 0 radical (unpaired) electrons. The molecule has 27 heavy (non-hydrogen) atoms. The van der Waals surface area contributed by atoms with Gasteiger partial charge in [0.25, 0.3) is 5.69 Å². The Morgan fingerprint density at radius 3 is 2.44 bits per heavy atom. The van der Waals surface area contributed by atoms with Crippen molar-refractivity contribution in [3.8, 4) is 0 Å². The maximum atomic E-state index is 12.1. The van der Waals surface area contributed by atoms with E-state index in [9.17, 15) is 19.7 Å². The summed E-state index contributed by atoms with van der Waals surface area (Å²) in [5, 5.41) is 22.3. The molecule has 1 aromatic rings. The second-order valence-electron chi connectivity index (χ2n) is 6.63. The molecular weight excluding hydrogens is 352 g/mol. The van der Waals surface area contributed by atoms with Crippen molar-refractivity contribution in [2.75, 3.05) is 38.0 Å². The van der Waals surface area contributed by atoms with Crippen molar-refractivity contribution in [2.45, 2.75) is 32.2 Å². The van der Waals surface area contributed by atoms with Gasteiger partial charge in [0.2, 0.25) is 5.91 Å². The minimum atomic E-state index is -0.804. The third kappa shape index (κ3) is 6.61. The predicted molar refractivity (Wildman–Crippen MR) is 101 cm³/mol. The molecule has 1 fully saturated rings. The van der Waals surface area contributed by atoms with Gasteiger partial charge in [-0.15, -0.1) is 0 Å². The van der Waals surface area contributed by atoms with Crippen LogP contribution in [0.4, 0.5) is 11.4 Å². The molecule has 2 N–H and O–H groups in total. The Hall–Kier alpha value is -2.52. The van der Waals surface area contributed by atoms with E-state index in [4.69, 9.17) is 5.11 Å². The first-order valence-electron chi connectivity index (χ1n) is 9.11. The van der Waals surface area contributed by atoms with Gasteiger partial charge in [-0.2, -0.15) is 0 Å². The van der Waals surface area contributed by atoms with Crippen LogP contribution in [0.5, 0.6) is 0 Å². The lowest BCUT2D eigenvalue weighted by Gasteiger charge is -2.37. The zero-order chi connectivity index (χ0) is 19.8. The molecule has 1 aliphatic heterocycles. The average Bonchev–Trinajstić information content (AvgIpc) is 2.65. The number of hydrogen-bond donors (Lipinski definition) is 2. The largest absolute Gasteiger partial charge is 0.480 e. The van der Waals surface area contributed by atoms with E-state index in [-0.39, 0.29) is 24.2 Å². The number of nitro groups is 1. The summed E-state index contributed by atoms with van der Waals surface area (Å²) >= 11 is 0. The first kappa shape index (κ1) is 20.8. The van der Waals surface area contributed by atoms with Crippen LogP contribution in [0, 0.1) is 10.1 Å². The van der Waals surface area contributed by atoms with Gasteiger partial charge in [0.1, 0.15) is 0 Å². The van der Waals surface area contributed by atoms with Gasteiger partial charge in [-0.25, -0.2) is 0 Å². The molecule has 0 saturated carbocycles. The molecule has 1 aromatic carbocycles. The summed E-state index contributed by atoms with van der Waals surface area (Å²) in [6.07, 6.45) is 2.13. The zero-order valence-corrected chi connectivity index (χ0v) is 15.5. The molecule has 2 rings (SSSR count). The number of rotatable bonds is 9.